The summed E-state index contributed by atoms with van der Waals surface area (Å²) in [4.78, 5) is 13.4. The number of hydrogen-bond acceptors (Lipinski definition) is 3. The maximum absolute atomic E-state index is 13.2. The Morgan fingerprint density at radius 3 is 2.87 bits per heavy atom. The molecule has 15 heavy (non-hydrogen) atoms. The van der Waals surface area contributed by atoms with Crippen LogP contribution in [0.25, 0.3) is 10.8 Å². The molecule has 1 aromatic heterocycles. The number of nitro groups is 1. The van der Waals surface area contributed by atoms with Crippen LogP contribution in [0.4, 0.5) is 10.1 Å². The molecule has 0 unspecified atom stereocenters. The van der Waals surface area contributed by atoms with E-state index in [0.29, 0.717) is 10.8 Å². The Bertz CT molecular complexity index is 559. The number of aromatic nitrogens is 1. The van der Waals surface area contributed by atoms with E-state index in [2.05, 4.69) is 4.98 Å². The van der Waals surface area contributed by atoms with Crippen molar-refractivity contribution in [1.82, 2.24) is 4.98 Å². The van der Waals surface area contributed by atoms with Crippen LogP contribution in [0.2, 0.25) is 5.15 Å². The summed E-state index contributed by atoms with van der Waals surface area (Å²) in [7, 11) is 0. The first-order valence-electron chi connectivity index (χ1n) is 3.98. The fourth-order valence-electron chi connectivity index (χ4n) is 1.29. The van der Waals surface area contributed by atoms with E-state index in [-0.39, 0.29) is 5.15 Å². The van der Waals surface area contributed by atoms with Gasteiger partial charge in [-0.05, 0) is 17.5 Å². The fraction of sp³-hybridized carbons (Fsp3) is 0. The maximum atomic E-state index is 13.2. The molecule has 0 saturated carbocycles. The molecule has 2 aromatic rings. The Kier molecular flexibility index (Phi) is 2.24. The van der Waals surface area contributed by atoms with E-state index in [4.69, 9.17) is 11.6 Å². The van der Waals surface area contributed by atoms with Crippen molar-refractivity contribution < 1.29 is 9.31 Å². The zero-order valence-electron chi connectivity index (χ0n) is 7.28. The molecule has 0 N–H and O–H groups in total. The molecule has 0 radical (unpaired) electrons. The topological polar surface area (TPSA) is 56.0 Å². The van der Waals surface area contributed by atoms with Gasteiger partial charge >= 0.3 is 5.69 Å². The van der Waals surface area contributed by atoms with Crippen LogP contribution in [0, 0.1) is 15.9 Å². The number of hydrogen-bond donors (Lipinski definition) is 0. The van der Waals surface area contributed by atoms with Crippen LogP contribution in [0.1, 0.15) is 0 Å². The molecule has 0 atom stereocenters. The normalized spacial score (nSPS) is 10.5. The summed E-state index contributed by atoms with van der Waals surface area (Å²) >= 11 is 5.73. The third-order valence-electron chi connectivity index (χ3n) is 1.98. The minimum absolute atomic E-state index is 0.121. The first kappa shape index (κ1) is 9.79. The molecule has 1 aromatic carbocycles. The Balaban J connectivity index is 2.83. The highest BCUT2D eigenvalue weighted by Crippen LogP contribution is 2.27. The lowest BCUT2D eigenvalue weighted by molar-refractivity contribution is -0.387. The van der Waals surface area contributed by atoms with Gasteiger partial charge in [-0.15, -0.1) is 0 Å². The van der Waals surface area contributed by atoms with Crippen molar-refractivity contribution in [1.29, 1.82) is 0 Å². The SMILES string of the molecule is O=[N+]([O-])c1cc2c(Cl)nccc2cc1F. The molecule has 2 rings (SSSR count). The molecule has 0 aliphatic rings. The predicted octanol–water partition coefficient (Wildman–Crippen LogP) is 2.94. The van der Waals surface area contributed by atoms with Crippen molar-refractivity contribution in [2.24, 2.45) is 0 Å². The van der Waals surface area contributed by atoms with Gasteiger partial charge in [0, 0.05) is 17.6 Å². The summed E-state index contributed by atoms with van der Waals surface area (Å²) in [6, 6.07) is 3.69. The highest BCUT2D eigenvalue weighted by atomic mass is 35.5. The second kappa shape index (κ2) is 3.43. The highest BCUT2D eigenvalue weighted by Gasteiger charge is 2.16. The molecule has 0 fully saturated rings. The van der Waals surface area contributed by atoms with Gasteiger partial charge in [0.05, 0.1) is 4.92 Å². The summed E-state index contributed by atoms with van der Waals surface area (Å²) in [5, 5.41) is 11.5. The molecular weight excluding hydrogens is 223 g/mol. The number of rotatable bonds is 1. The summed E-state index contributed by atoms with van der Waals surface area (Å²) < 4.78 is 13.2. The zero-order chi connectivity index (χ0) is 11.0. The molecule has 0 spiro atoms. The Morgan fingerprint density at radius 2 is 2.20 bits per heavy atom. The summed E-state index contributed by atoms with van der Waals surface area (Å²) in [5.41, 5.74) is -0.600. The van der Waals surface area contributed by atoms with Gasteiger partial charge in [-0.25, -0.2) is 4.98 Å². The maximum Gasteiger partial charge on any atom is 0.305 e. The number of benzene rings is 1. The molecule has 4 nitrogen and oxygen atoms in total. The van der Waals surface area contributed by atoms with Gasteiger partial charge < -0.3 is 0 Å². The molecular formula is C9H4ClFN2O2. The fourth-order valence-corrected chi connectivity index (χ4v) is 1.51. The lowest BCUT2D eigenvalue weighted by Crippen LogP contribution is -1.93. The Hall–Kier alpha value is -1.75. The van der Waals surface area contributed by atoms with Crippen molar-refractivity contribution in [3.63, 3.8) is 0 Å². The standard InChI is InChI=1S/C9H4ClFN2O2/c10-9-6-4-8(13(14)15)7(11)3-5(6)1-2-12-9/h1-4H. The first-order valence-corrected chi connectivity index (χ1v) is 4.35. The van der Waals surface area contributed by atoms with Crippen molar-refractivity contribution in [2.75, 3.05) is 0 Å². The molecule has 0 aliphatic heterocycles. The zero-order valence-corrected chi connectivity index (χ0v) is 8.03. The van der Waals surface area contributed by atoms with E-state index in [0.717, 1.165) is 12.1 Å². The lowest BCUT2D eigenvalue weighted by atomic mass is 10.1. The monoisotopic (exact) mass is 226 g/mol. The predicted molar refractivity (Wildman–Crippen MR) is 53.4 cm³/mol. The molecule has 6 heteroatoms. The second-order valence-corrected chi connectivity index (χ2v) is 3.24. The molecule has 0 amide bonds. The number of fused-ring (bicyclic) bond motifs is 1. The van der Waals surface area contributed by atoms with Crippen LogP contribution >= 0.6 is 11.6 Å². The second-order valence-electron chi connectivity index (χ2n) is 2.88. The van der Waals surface area contributed by atoms with Crippen LogP contribution in [0.3, 0.4) is 0 Å². The van der Waals surface area contributed by atoms with Crippen molar-refractivity contribution in [2.45, 2.75) is 0 Å². The molecule has 0 aliphatic carbocycles. The molecule has 0 saturated heterocycles. The molecule has 0 bridgehead atoms. The van der Waals surface area contributed by atoms with E-state index < -0.39 is 16.4 Å². The van der Waals surface area contributed by atoms with Gasteiger partial charge in [0.15, 0.2) is 0 Å². The largest absolute Gasteiger partial charge is 0.305 e. The summed E-state index contributed by atoms with van der Waals surface area (Å²) in [6.07, 6.45) is 1.41. The van der Waals surface area contributed by atoms with Gasteiger partial charge in [-0.1, -0.05) is 11.6 Å². The van der Waals surface area contributed by atoms with E-state index in [1.165, 1.54) is 12.3 Å². The van der Waals surface area contributed by atoms with Crippen LogP contribution in [-0.2, 0) is 0 Å². The number of nitro benzene ring substituents is 1. The quantitative estimate of drug-likeness (QED) is 0.427. The molecule has 1 heterocycles. The van der Waals surface area contributed by atoms with Crippen LogP contribution in [0.15, 0.2) is 24.4 Å². The van der Waals surface area contributed by atoms with Gasteiger partial charge in [0.25, 0.3) is 0 Å². The van der Waals surface area contributed by atoms with Crippen molar-refractivity contribution >= 4 is 28.1 Å². The van der Waals surface area contributed by atoms with Crippen molar-refractivity contribution in [3.05, 3.63) is 45.5 Å². The average molecular weight is 227 g/mol. The minimum Gasteiger partial charge on any atom is -0.258 e. The van der Waals surface area contributed by atoms with Gasteiger partial charge in [-0.3, -0.25) is 10.1 Å². The van der Waals surface area contributed by atoms with Crippen LogP contribution < -0.4 is 0 Å². The Labute approximate surface area is 88.5 Å². The van der Waals surface area contributed by atoms with Crippen molar-refractivity contribution in [3.8, 4) is 0 Å². The van der Waals surface area contributed by atoms with Crippen LogP contribution in [-0.4, -0.2) is 9.91 Å². The summed E-state index contributed by atoms with van der Waals surface area (Å²) in [6.45, 7) is 0. The van der Waals surface area contributed by atoms with Gasteiger partial charge in [-0.2, -0.15) is 4.39 Å². The number of halogens is 2. The van der Waals surface area contributed by atoms with E-state index in [1.54, 1.807) is 0 Å². The highest BCUT2D eigenvalue weighted by molar-refractivity contribution is 6.34. The van der Waals surface area contributed by atoms with Crippen LogP contribution in [0.5, 0.6) is 0 Å². The van der Waals surface area contributed by atoms with Gasteiger partial charge in [0.2, 0.25) is 5.82 Å². The number of nitrogens with zero attached hydrogens (tertiary/aromatic N) is 2. The van der Waals surface area contributed by atoms with E-state index >= 15 is 0 Å². The average Bonchev–Trinajstić information content (AvgIpc) is 2.16. The number of pyridine rings is 1. The molecule has 76 valence electrons. The third kappa shape index (κ3) is 1.61. The Morgan fingerprint density at radius 1 is 1.47 bits per heavy atom. The lowest BCUT2D eigenvalue weighted by Gasteiger charge is -2.00. The van der Waals surface area contributed by atoms with E-state index in [1.807, 2.05) is 0 Å². The minimum atomic E-state index is -0.880. The van der Waals surface area contributed by atoms with Gasteiger partial charge in [0.1, 0.15) is 5.15 Å². The first-order chi connectivity index (χ1) is 7.09. The smallest absolute Gasteiger partial charge is 0.258 e. The summed E-state index contributed by atoms with van der Waals surface area (Å²) in [5.74, 6) is -0.880. The van der Waals surface area contributed by atoms with E-state index in [9.17, 15) is 14.5 Å². The third-order valence-corrected chi connectivity index (χ3v) is 2.28.